The van der Waals surface area contributed by atoms with E-state index in [2.05, 4.69) is 19.2 Å². The molecule has 3 aromatic carbocycles. The number of ether oxygens (including phenoxy) is 1. The molecule has 1 N–H and O–H groups in total. The molecule has 5 rings (SSSR count). The van der Waals surface area contributed by atoms with Gasteiger partial charge in [0, 0.05) is 23.4 Å². The molecule has 4 aromatic rings. The molecular weight excluding hydrogens is 508 g/mol. The van der Waals surface area contributed by atoms with Gasteiger partial charge in [0.15, 0.2) is 0 Å². The largest absolute Gasteiger partial charge is 0.496 e. The number of benzene rings is 3. The Hall–Kier alpha value is -4.04. The number of anilines is 1. The predicted molar refractivity (Wildman–Crippen MR) is 155 cm³/mol. The monoisotopic (exact) mass is 540 g/mol. The molecule has 0 spiro atoms. The van der Waals surface area contributed by atoms with Gasteiger partial charge in [0.1, 0.15) is 16.8 Å². The van der Waals surface area contributed by atoms with Crippen molar-refractivity contribution in [2.24, 2.45) is 0 Å². The van der Waals surface area contributed by atoms with Crippen molar-refractivity contribution in [3.63, 3.8) is 0 Å². The second kappa shape index (κ2) is 11.4. The van der Waals surface area contributed by atoms with Crippen LogP contribution < -0.4 is 15.0 Å². The molecule has 1 aliphatic rings. The summed E-state index contributed by atoms with van der Waals surface area (Å²) in [5.41, 5.74) is 5.03. The number of hydrogen-bond donors (Lipinski definition) is 1. The van der Waals surface area contributed by atoms with Crippen LogP contribution in [0, 0.1) is 6.92 Å². The van der Waals surface area contributed by atoms with Crippen molar-refractivity contribution in [2.75, 3.05) is 17.8 Å². The zero-order chi connectivity index (χ0) is 27.5. The maximum atomic E-state index is 14.1. The highest BCUT2D eigenvalue weighted by atomic mass is 32.2. The number of methoxy groups -OCH3 is 1. The molecule has 0 radical (unpaired) electrons. The first-order valence-corrected chi connectivity index (χ1v) is 14.0. The smallest absolute Gasteiger partial charge is 0.248 e. The summed E-state index contributed by atoms with van der Waals surface area (Å²) in [6, 6.07) is 24.4. The molecule has 1 aromatic heterocycles. The van der Waals surface area contributed by atoms with Gasteiger partial charge in [-0.15, -0.1) is 0 Å². The van der Waals surface area contributed by atoms with E-state index in [0.29, 0.717) is 23.0 Å². The molecule has 0 saturated heterocycles. The van der Waals surface area contributed by atoms with E-state index in [0.717, 1.165) is 21.8 Å². The normalized spacial score (nSPS) is 15.2. The van der Waals surface area contributed by atoms with Gasteiger partial charge < -0.3 is 10.1 Å². The first-order chi connectivity index (χ1) is 18.9. The quantitative estimate of drug-likeness (QED) is 0.320. The highest BCUT2D eigenvalue weighted by molar-refractivity contribution is 8.00. The number of thioether (sulfide) groups is 1. The molecule has 39 heavy (non-hydrogen) atoms. The van der Waals surface area contributed by atoms with Crippen LogP contribution in [0.1, 0.15) is 48.2 Å². The molecule has 0 saturated carbocycles. The summed E-state index contributed by atoms with van der Waals surface area (Å²) in [7, 11) is 1.61. The van der Waals surface area contributed by atoms with Crippen LogP contribution in [0.15, 0.2) is 83.9 Å². The van der Waals surface area contributed by atoms with Gasteiger partial charge in [-0.3, -0.25) is 14.5 Å². The summed E-state index contributed by atoms with van der Waals surface area (Å²) in [6.07, 6.45) is 0. The minimum atomic E-state index is -0.889. The zero-order valence-electron chi connectivity index (χ0n) is 22.5. The number of amides is 2. The van der Waals surface area contributed by atoms with Gasteiger partial charge in [-0.2, -0.15) is 5.10 Å². The highest BCUT2D eigenvalue weighted by Crippen LogP contribution is 2.41. The molecule has 7 nitrogen and oxygen atoms in total. The van der Waals surface area contributed by atoms with E-state index in [-0.39, 0.29) is 24.1 Å². The lowest BCUT2D eigenvalue weighted by atomic mass is 10.0. The fraction of sp³-hybridized carbons (Fsp3) is 0.258. The Morgan fingerprint density at radius 2 is 1.72 bits per heavy atom. The summed E-state index contributed by atoms with van der Waals surface area (Å²) < 4.78 is 7.32. The summed E-state index contributed by atoms with van der Waals surface area (Å²) in [6.45, 7) is 6.42. The number of carbonyl (C=O) groups is 2. The van der Waals surface area contributed by atoms with Crippen molar-refractivity contribution < 1.29 is 14.3 Å². The Labute approximate surface area is 233 Å². The van der Waals surface area contributed by atoms with E-state index in [1.165, 1.54) is 17.3 Å². The Morgan fingerprint density at radius 3 is 2.41 bits per heavy atom. The fourth-order valence-electron chi connectivity index (χ4n) is 4.88. The van der Waals surface area contributed by atoms with Crippen LogP contribution in [0.4, 0.5) is 5.69 Å². The lowest BCUT2D eigenvalue weighted by Gasteiger charge is -2.30. The van der Waals surface area contributed by atoms with Crippen LogP contribution in [-0.2, 0) is 16.1 Å². The Balaban J connectivity index is 1.60. The number of nitrogens with zero attached hydrogens (tertiary/aromatic N) is 3. The third kappa shape index (κ3) is 5.29. The Morgan fingerprint density at radius 1 is 1.03 bits per heavy atom. The van der Waals surface area contributed by atoms with Gasteiger partial charge in [0.05, 0.1) is 24.2 Å². The van der Waals surface area contributed by atoms with Gasteiger partial charge in [-0.25, -0.2) is 4.68 Å². The lowest BCUT2D eigenvalue weighted by Crippen LogP contribution is -2.44. The van der Waals surface area contributed by atoms with E-state index in [4.69, 9.17) is 9.84 Å². The van der Waals surface area contributed by atoms with Crippen molar-refractivity contribution >= 4 is 29.3 Å². The van der Waals surface area contributed by atoms with Gasteiger partial charge in [0.2, 0.25) is 11.8 Å². The van der Waals surface area contributed by atoms with Crippen LogP contribution in [0.2, 0.25) is 0 Å². The van der Waals surface area contributed by atoms with Crippen LogP contribution in [0.5, 0.6) is 5.75 Å². The number of nitrogens with one attached hydrogen (secondary N) is 1. The minimum absolute atomic E-state index is 0.134. The average molecular weight is 541 g/mol. The van der Waals surface area contributed by atoms with E-state index < -0.39 is 6.04 Å². The second-order valence-corrected chi connectivity index (χ2v) is 10.7. The van der Waals surface area contributed by atoms with Crippen LogP contribution in [0.25, 0.3) is 5.69 Å². The van der Waals surface area contributed by atoms with Gasteiger partial charge in [0.25, 0.3) is 0 Å². The number of fused-ring (bicyclic) bond motifs is 1. The minimum Gasteiger partial charge on any atom is -0.496 e. The van der Waals surface area contributed by atoms with Crippen molar-refractivity contribution in [2.45, 2.75) is 44.3 Å². The summed E-state index contributed by atoms with van der Waals surface area (Å²) in [4.78, 5) is 29.5. The van der Waals surface area contributed by atoms with Crippen LogP contribution in [0.3, 0.4) is 0 Å². The molecule has 0 aliphatic carbocycles. The lowest BCUT2D eigenvalue weighted by molar-refractivity contribution is -0.126. The van der Waals surface area contributed by atoms with Crippen molar-refractivity contribution in [1.82, 2.24) is 15.1 Å². The molecule has 1 aliphatic heterocycles. The third-order valence-electron chi connectivity index (χ3n) is 6.93. The number of hydrogen-bond acceptors (Lipinski definition) is 5. The second-order valence-electron chi connectivity index (χ2n) is 9.78. The number of rotatable bonds is 7. The van der Waals surface area contributed by atoms with E-state index in [9.17, 15) is 9.59 Å². The van der Waals surface area contributed by atoms with Crippen LogP contribution in [-0.4, -0.2) is 34.5 Å². The molecular formula is C31H32N4O3S. The average Bonchev–Trinajstić information content (AvgIpc) is 3.20. The fourth-order valence-corrected chi connectivity index (χ4v) is 5.96. The van der Waals surface area contributed by atoms with Crippen LogP contribution >= 0.6 is 11.8 Å². The van der Waals surface area contributed by atoms with Gasteiger partial charge >= 0.3 is 0 Å². The number of aryl methyl sites for hydroxylation is 1. The number of para-hydroxylation sites is 2. The first-order valence-electron chi connectivity index (χ1n) is 13.0. The predicted octanol–water partition coefficient (Wildman–Crippen LogP) is 5.81. The maximum Gasteiger partial charge on any atom is 0.248 e. The van der Waals surface area contributed by atoms with Gasteiger partial charge in [-0.05, 0) is 48.7 Å². The summed E-state index contributed by atoms with van der Waals surface area (Å²) in [5.74, 6) is 0.826. The molecule has 0 unspecified atom stereocenters. The molecule has 2 heterocycles. The topological polar surface area (TPSA) is 76.5 Å². The van der Waals surface area contributed by atoms with E-state index in [1.807, 2.05) is 90.5 Å². The third-order valence-corrected chi connectivity index (χ3v) is 7.99. The molecule has 8 heteroatoms. The van der Waals surface area contributed by atoms with Crippen molar-refractivity contribution in [3.05, 3.63) is 101 Å². The SMILES string of the molecule is COc1ccccc1CNC(=O)[C@@H]1c2c(C)nn(-c3ccccc3)c2SCC(=O)N1c1ccc(C(C)C)cc1. The molecule has 1 atom stereocenters. The maximum absolute atomic E-state index is 14.1. The highest BCUT2D eigenvalue weighted by Gasteiger charge is 2.40. The first kappa shape index (κ1) is 26.6. The Kier molecular flexibility index (Phi) is 7.74. The van der Waals surface area contributed by atoms with Crippen molar-refractivity contribution in [1.29, 1.82) is 0 Å². The van der Waals surface area contributed by atoms with E-state index in [1.54, 1.807) is 12.0 Å². The molecule has 0 bridgehead atoms. The Bertz CT molecular complexity index is 1480. The molecule has 0 fully saturated rings. The summed E-state index contributed by atoms with van der Waals surface area (Å²) in [5, 5.41) is 8.71. The number of carbonyl (C=O) groups excluding carboxylic acids is 2. The van der Waals surface area contributed by atoms with Gasteiger partial charge in [-0.1, -0.05) is 74.1 Å². The van der Waals surface area contributed by atoms with Crippen molar-refractivity contribution in [3.8, 4) is 11.4 Å². The molecule has 200 valence electrons. The number of aromatic nitrogens is 2. The zero-order valence-corrected chi connectivity index (χ0v) is 23.4. The summed E-state index contributed by atoms with van der Waals surface area (Å²) >= 11 is 1.42. The van der Waals surface area contributed by atoms with E-state index >= 15 is 0 Å². The standard InChI is InChI=1S/C31H32N4O3S/c1-20(2)22-14-16-24(17-15-22)34-27(36)19-39-31-28(21(3)33-35(31)25-11-6-5-7-12-25)29(34)30(37)32-18-23-10-8-9-13-26(23)38-4/h5-17,20,29H,18-19H2,1-4H3,(H,32,37)/t29-/m0/s1. The molecule has 2 amide bonds.